The van der Waals surface area contributed by atoms with E-state index in [9.17, 15) is 9.18 Å². The van der Waals surface area contributed by atoms with Gasteiger partial charge in [-0.3, -0.25) is 10.2 Å². The number of nitrogens with one attached hydrogen (secondary N) is 1. The third-order valence-corrected chi connectivity index (χ3v) is 2.63. The summed E-state index contributed by atoms with van der Waals surface area (Å²) in [6.45, 7) is 1.81. The highest BCUT2D eigenvalue weighted by Crippen LogP contribution is 2.21. The maximum absolute atomic E-state index is 13.1. The number of benzene rings is 1. The van der Waals surface area contributed by atoms with Crippen LogP contribution in [0.15, 0.2) is 34.9 Å². The molecule has 1 amide bonds. The van der Waals surface area contributed by atoms with E-state index in [1.165, 1.54) is 24.5 Å². The summed E-state index contributed by atoms with van der Waals surface area (Å²) in [7, 11) is 0. The van der Waals surface area contributed by atoms with Crippen LogP contribution in [0.25, 0.3) is 0 Å². The number of furan rings is 1. The summed E-state index contributed by atoms with van der Waals surface area (Å²) in [6.07, 6.45) is 1.36. The molecule has 2 aromatic rings. The zero-order valence-electron chi connectivity index (χ0n) is 10.3. The number of amides is 1. The van der Waals surface area contributed by atoms with Gasteiger partial charge in [-0.1, -0.05) is 6.07 Å². The van der Waals surface area contributed by atoms with Crippen molar-refractivity contribution in [2.75, 3.05) is 0 Å². The van der Waals surface area contributed by atoms with Crippen LogP contribution in [0, 0.1) is 12.7 Å². The molecule has 0 unspecified atom stereocenters. The van der Waals surface area contributed by atoms with Crippen LogP contribution >= 0.6 is 0 Å². The standard InChI is InChI=1S/C13H13FN2O3/c1-8-2-3-9(14)6-11(8)19-7-12-10(4-5-18-12)13(17)16-15/h2-6H,7,15H2,1H3,(H,16,17). The van der Waals surface area contributed by atoms with Crippen molar-refractivity contribution >= 4 is 5.91 Å². The van der Waals surface area contributed by atoms with E-state index in [0.29, 0.717) is 11.5 Å². The molecule has 5 nitrogen and oxygen atoms in total. The lowest BCUT2D eigenvalue weighted by atomic mass is 10.2. The number of hydrazine groups is 1. The number of nitrogen functional groups attached to an aromatic ring is 1. The predicted molar refractivity (Wildman–Crippen MR) is 65.8 cm³/mol. The molecule has 0 aliphatic heterocycles. The Morgan fingerprint density at radius 1 is 1.47 bits per heavy atom. The van der Waals surface area contributed by atoms with E-state index in [1.54, 1.807) is 13.0 Å². The fourth-order valence-electron chi connectivity index (χ4n) is 1.61. The molecule has 0 saturated heterocycles. The van der Waals surface area contributed by atoms with Gasteiger partial charge in [0.05, 0.1) is 11.8 Å². The first-order valence-corrected chi connectivity index (χ1v) is 5.58. The van der Waals surface area contributed by atoms with Gasteiger partial charge in [0, 0.05) is 6.07 Å². The van der Waals surface area contributed by atoms with Crippen molar-refractivity contribution in [3.8, 4) is 5.75 Å². The summed E-state index contributed by atoms with van der Waals surface area (Å²) in [5.74, 6) is 4.92. The van der Waals surface area contributed by atoms with Gasteiger partial charge in [-0.25, -0.2) is 10.2 Å². The molecule has 0 bridgehead atoms. The number of halogens is 1. The number of ether oxygens (including phenoxy) is 1. The van der Waals surface area contributed by atoms with Crippen molar-refractivity contribution in [2.45, 2.75) is 13.5 Å². The maximum atomic E-state index is 13.1. The number of aryl methyl sites for hydroxylation is 1. The van der Waals surface area contributed by atoms with E-state index < -0.39 is 5.91 Å². The van der Waals surface area contributed by atoms with Gasteiger partial charge in [0.15, 0.2) is 5.76 Å². The lowest BCUT2D eigenvalue weighted by Gasteiger charge is -2.08. The fourth-order valence-corrected chi connectivity index (χ4v) is 1.61. The Morgan fingerprint density at radius 3 is 3.00 bits per heavy atom. The second-order valence-electron chi connectivity index (χ2n) is 3.93. The monoisotopic (exact) mass is 264 g/mol. The summed E-state index contributed by atoms with van der Waals surface area (Å²) < 4.78 is 23.7. The van der Waals surface area contributed by atoms with Crippen molar-refractivity contribution in [3.05, 3.63) is 53.2 Å². The normalized spacial score (nSPS) is 10.3. The van der Waals surface area contributed by atoms with Crippen LogP contribution in [0.3, 0.4) is 0 Å². The van der Waals surface area contributed by atoms with Crippen LogP contribution in [0.1, 0.15) is 21.7 Å². The molecule has 19 heavy (non-hydrogen) atoms. The second kappa shape index (κ2) is 5.53. The largest absolute Gasteiger partial charge is 0.485 e. The quantitative estimate of drug-likeness (QED) is 0.502. The summed E-state index contributed by atoms with van der Waals surface area (Å²) in [6, 6.07) is 5.73. The molecule has 0 spiro atoms. The lowest BCUT2D eigenvalue weighted by molar-refractivity contribution is 0.0949. The van der Waals surface area contributed by atoms with Crippen molar-refractivity contribution < 1.29 is 18.3 Å². The number of rotatable bonds is 4. The minimum atomic E-state index is -0.469. The van der Waals surface area contributed by atoms with E-state index >= 15 is 0 Å². The maximum Gasteiger partial charge on any atom is 0.268 e. The van der Waals surface area contributed by atoms with E-state index in [2.05, 4.69) is 0 Å². The fraction of sp³-hybridized carbons (Fsp3) is 0.154. The molecule has 6 heteroatoms. The van der Waals surface area contributed by atoms with Crippen LogP contribution in [-0.2, 0) is 6.61 Å². The molecule has 100 valence electrons. The zero-order valence-corrected chi connectivity index (χ0v) is 10.3. The average Bonchev–Trinajstić information content (AvgIpc) is 2.87. The molecule has 0 atom stereocenters. The molecule has 3 N–H and O–H groups in total. The predicted octanol–water partition coefficient (Wildman–Crippen LogP) is 1.91. The summed E-state index contributed by atoms with van der Waals surface area (Å²) in [5, 5.41) is 0. The molecular weight excluding hydrogens is 251 g/mol. The summed E-state index contributed by atoms with van der Waals surface area (Å²) in [4.78, 5) is 11.4. The summed E-state index contributed by atoms with van der Waals surface area (Å²) >= 11 is 0. The highest BCUT2D eigenvalue weighted by molar-refractivity contribution is 5.94. The van der Waals surface area contributed by atoms with Gasteiger partial charge < -0.3 is 9.15 Å². The Bertz CT molecular complexity index is 595. The molecule has 1 aromatic heterocycles. The van der Waals surface area contributed by atoms with Crippen molar-refractivity contribution in [3.63, 3.8) is 0 Å². The molecule has 1 aromatic carbocycles. The Labute approximate surface area is 109 Å². The molecule has 0 saturated carbocycles. The number of carbonyl (C=O) groups excluding carboxylic acids is 1. The van der Waals surface area contributed by atoms with E-state index in [-0.39, 0.29) is 18.0 Å². The van der Waals surface area contributed by atoms with Gasteiger partial charge in [-0.15, -0.1) is 0 Å². The molecule has 0 fully saturated rings. The Kier molecular flexibility index (Phi) is 3.82. The minimum Gasteiger partial charge on any atom is -0.485 e. The lowest BCUT2D eigenvalue weighted by Crippen LogP contribution is -2.30. The highest BCUT2D eigenvalue weighted by atomic mass is 19.1. The topological polar surface area (TPSA) is 77.5 Å². The van der Waals surface area contributed by atoms with Gasteiger partial charge >= 0.3 is 0 Å². The third kappa shape index (κ3) is 2.92. The third-order valence-electron chi connectivity index (χ3n) is 2.63. The van der Waals surface area contributed by atoms with E-state index in [1.807, 2.05) is 5.43 Å². The van der Waals surface area contributed by atoms with Gasteiger partial charge in [0.2, 0.25) is 0 Å². The number of hydrogen-bond donors (Lipinski definition) is 2. The summed E-state index contributed by atoms with van der Waals surface area (Å²) in [5.41, 5.74) is 3.09. The number of nitrogens with two attached hydrogens (primary N) is 1. The Hall–Kier alpha value is -2.34. The van der Waals surface area contributed by atoms with Crippen LogP contribution in [-0.4, -0.2) is 5.91 Å². The van der Waals surface area contributed by atoms with Gasteiger partial charge in [0.1, 0.15) is 18.2 Å². The van der Waals surface area contributed by atoms with Crippen LogP contribution < -0.4 is 16.0 Å². The van der Waals surface area contributed by atoms with Crippen LogP contribution in [0.4, 0.5) is 4.39 Å². The number of hydrogen-bond acceptors (Lipinski definition) is 4. The second-order valence-corrected chi connectivity index (χ2v) is 3.93. The van der Waals surface area contributed by atoms with Crippen molar-refractivity contribution in [1.82, 2.24) is 5.43 Å². The molecule has 0 aliphatic carbocycles. The van der Waals surface area contributed by atoms with Crippen molar-refractivity contribution in [2.24, 2.45) is 5.84 Å². The number of carbonyl (C=O) groups is 1. The Morgan fingerprint density at radius 2 is 2.26 bits per heavy atom. The van der Waals surface area contributed by atoms with Gasteiger partial charge in [0.25, 0.3) is 5.91 Å². The van der Waals surface area contributed by atoms with E-state index in [0.717, 1.165) is 5.56 Å². The van der Waals surface area contributed by atoms with Gasteiger partial charge in [-0.05, 0) is 24.6 Å². The first-order valence-electron chi connectivity index (χ1n) is 5.58. The molecule has 0 aliphatic rings. The van der Waals surface area contributed by atoms with Crippen LogP contribution in [0.2, 0.25) is 0 Å². The van der Waals surface area contributed by atoms with Crippen molar-refractivity contribution in [1.29, 1.82) is 0 Å². The average molecular weight is 264 g/mol. The molecular formula is C13H13FN2O3. The molecule has 1 heterocycles. The zero-order chi connectivity index (χ0) is 13.8. The SMILES string of the molecule is Cc1ccc(F)cc1OCc1occc1C(=O)NN. The van der Waals surface area contributed by atoms with Gasteiger partial charge in [-0.2, -0.15) is 0 Å². The molecule has 0 radical (unpaired) electrons. The first kappa shape index (κ1) is 13.1. The minimum absolute atomic E-state index is 0.0139. The smallest absolute Gasteiger partial charge is 0.268 e. The van der Waals surface area contributed by atoms with E-state index in [4.69, 9.17) is 15.0 Å². The van der Waals surface area contributed by atoms with Crippen LogP contribution in [0.5, 0.6) is 5.75 Å². The molecule has 2 rings (SSSR count). The highest BCUT2D eigenvalue weighted by Gasteiger charge is 2.14. The Balaban J connectivity index is 2.13. The first-order chi connectivity index (χ1) is 9.11.